The molecule has 0 saturated carbocycles. The maximum atomic E-state index is 13.0. The molecule has 0 aliphatic carbocycles. The van der Waals surface area contributed by atoms with E-state index in [9.17, 15) is 9.90 Å². The molecule has 0 radical (unpaired) electrons. The lowest BCUT2D eigenvalue weighted by Gasteiger charge is -2.38. The van der Waals surface area contributed by atoms with Crippen molar-refractivity contribution < 1.29 is 9.90 Å². The molecule has 2 heterocycles. The molecule has 172 valence electrons. The van der Waals surface area contributed by atoms with Crippen molar-refractivity contribution in [1.82, 2.24) is 14.7 Å². The van der Waals surface area contributed by atoms with Gasteiger partial charge in [0.1, 0.15) is 5.75 Å². The number of halogens is 1. The van der Waals surface area contributed by atoms with Gasteiger partial charge in [-0.1, -0.05) is 60.7 Å². The minimum Gasteiger partial charge on any atom is -0.508 e. The van der Waals surface area contributed by atoms with Gasteiger partial charge in [-0.3, -0.25) is 14.6 Å². The van der Waals surface area contributed by atoms with Crippen molar-refractivity contribution in [3.05, 3.63) is 71.8 Å². The van der Waals surface area contributed by atoms with Crippen LogP contribution >= 0.6 is 12.4 Å². The lowest BCUT2D eigenvalue weighted by atomic mass is 9.94. The summed E-state index contributed by atoms with van der Waals surface area (Å²) >= 11 is 0. The van der Waals surface area contributed by atoms with Crippen LogP contribution in [0.25, 0.3) is 6.08 Å². The van der Waals surface area contributed by atoms with Crippen molar-refractivity contribution in [3.8, 4) is 5.75 Å². The fraction of sp³-hybridized carbons (Fsp3) is 0.423. The largest absolute Gasteiger partial charge is 0.508 e. The minimum atomic E-state index is 0. The number of benzene rings is 2. The van der Waals surface area contributed by atoms with Crippen molar-refractivity contribution in [3.63, 3.8) is 0 Å². The number of carbonyl (C=O) groups is 1. The van der Waals surface area contributed by atoms with Crippen molar-refractivity contribution >= 4 is 24.4 Å². The molecule has 2 aliphatic rings. The fourth-order valence-corrected chi connectivity index (χ4v) is 4.53. The molecule has 4 rings (SSSR count). The number of nitrogens with zero attached hydrogens (tertiary/aromatic N) is 3. The van der Waals surface area contributed by atoms with Gasteiger partial charge in [0, 0.05) is 50.7 Å². The average molecular weight is 456 g/mol. The van der Waals surface area contributed by atoms with Crippen LogP contribution in [0.2, 0.25) is 0 Å². The molecule has 2 fully saturated rings. The first-order valence-corrected chi connectivity index (χ1v) is 11.4. The van der Waals surface area contributed by atoms with Gasteiger partial charge in [0.15, 0.2) is 0 Å². The van der Waals surface area contributed by atoms with Crippen LogP contribution in [-0.2, 0) is 11.3 Å². The second kappa shape index (κ2) is 12.0. The summed E-state index contributed by atoms with van der Waals surface area (Å²) < 4.78 is 0. The molecule has 2 aliphatic heterocycles. The number of likely N-dealkylation sites (tertiary alicyclic amines) is 1. The third-order valence-electron chi connectivity index (χ3n) is 6.48. The summed E-state index contributed by atoms with van der Waals surface area (Å²) in [6, 6.07) is 17.9. The third-order valence-corrected chi connectivity index (χ3v) is 6.48. The summed E-state index contributed by atoms with van der Waals surface area (Å²) in [6.45, 7) is 7.05. The summed E-state index contributed by atoms with van der Waals surface area (Å²) in [5.74, 6) is 0.837. The van der Waals surface area contributed by atoms with Crippen molar-refractivity contribution in [1.29, 1.82) is 0 Å². The quantitative estimate of drug-likeness (QED) is 0.718. The fourth-order valence-electron chi connectivity index (χ4n) is 4.53. The maximum absolute atomic E-state index is 13.0. The second-order valence-electron chi connectivity index (χ2n) is 8.62. The molecule has 0 aromatic heterocycles. The number of piperazine rings is 1. The molecule has 32 heavy (non-hydrogen) atoms. The van der Waals surface area contributed by atoms with E-state index in [0.717, 1.165) is 70.8 Å². The lowest BCUT2D eigenvalue weighted by molar-refractivity contribution is -0.138. The van der Waals surface area contributed by atoms with Gasteiger partial charge in [0.25, 0.3) is 0 Å². The van der Waals surface area contributed by atoms with E-state index < -0.39 is 0 Å². The van der Waals surface area contributed by atoms with Crippen molar-refractivity contribution in [2.75, 3.05) is 45.8 Å². The lowest BCUT2D eigenvalue weighted by Crippen LogP contribution is -2.51. The van der Waals surface area contributed by atoms with Gasteiger partial charge >= 0.3 is 0 Å². The summed E-state index contributed by atoms with van der Waals surface area (Å²) in [6.07, 6.45) is 6.20. The molecule has 0 bridgehead atoms. The number of piperidine rings is 1. The van der Waals surface area contributed by atoms with E-state index in [0.29, 0.717) is 11.7 Å². The topological polar surface area (TPSA) is 47.0 Å². The molecule has 0 spiro atoms. The van der Waals surface area contributed by atoms with Gasteiger partial charge in [-0.05, 0) is 37.6 Å². The smallest absolute Gasteiger partial charge is 0.225 e. The van der Waals surface area contributed by atoms with E-state index in [4.69, 9.17) is 0 Å². The standard InChI is InChI=1S/C26H33N3O2.ClH/c30-25-11-5-4-10-24(25)21-28-15-12-23(13-16-28)26(31)29-19-17-27(18-20-29)14-6-9-22-7-2-1-3-8-22;/h1-11,23,30H,12-21H2;1H. The number of carbonyl (C=O) groups excluding carboxylic acids is 1. The van der Waals surface area contributed by atoms with Crippen LogP contribution in [0.3, 0.4) is 0 Å². The molecule has 1 N–H and O–H groups in total. The van der Waals surface area contributed by atoms with Crippen LogP contribution in [0, 0.1) is 5.92 Å². The van der Waals surface area contributed by atoms with Crippen LogP contribution in [-0.4, -0.2) is 71.5 Å². The SMILES string of the molecule is Cl.O=C(C1CCN(Cc2ccccc2O)CC1)N1CCN(CC=Cc2ccccc2)CC1. The molecule has 0 atom stereocenters. The number of phenols is 1. The van der Waals surface area contributed by atoms with E-state index in [2.05, 4.69) is 51.1 Å². The first-order valence-electron chi connectivity index (χ1n) is 11.4. The average Bonchev–Trinajstić information content (AvgIpc) is 2.82. The Bertz CT molecular complexity index is 874. The Morgan fingerprint density at radius 1 is 0.875 bits per heavy atom. The van der Waals surface area contributed by atoms with Gasteiger partial charge < -0.3 is 10.0 Å². The number of phenolic OH excluding ortho intramolecular Hbond substituents is 1. The van der Waals surface area contributed by atoms with Gasteiger partial charge in [-0.25, -0.2) is 0 Å². The molecule has 2 aromatic rings. The third kappa shape index (κ3) is 6.58. The maximum Gasteiger partial charge on any atom is 0.225 e. The number of aromatic hydroxyl groups is 1. The predicted molar refractivity (Wildman–Crippen MR) is 132 cm³/mol. The van der Waals surface area contributed by atoms with Gasteiger partial charge in [0.2, 0.25) is 5.91 Å². The highest BCUT2D eigenvalue weighted by molar-refractivity contribution is 5.85. The Balaban J connectivity index is 0.00000289. The van der Waals surface area contributed by atoms with Crippen LogP contribution < -0.4 is 0 Å². The van der Waals surface area contributed by atoms with E-state index in [-0.39, 0.29) is 18.3 Å². The molecule has 6 heteroatoms. The highest BCUT2D eigenvalue weighted by Crippen LogP contribution is 2.24. The Hall–Kier alpha value is -2.34. The summed E-state index contributed by atoms with van der Waals surface area (Å²) in [5.41, 5.74) is 2.19. The molecular weight excluding hydrogens is 422 g/mol. The number of hydrogen-bond acceptors (Lipinski definition) is 4. The van der Waals surface area contributed by atoms with E-state index in [1.807, 2.05) is 24.3 Å². The molecule has 2 aromatic carbocycles. The van der Waals surface area contributed by atoms with E-state index in [1.54, 1.807) is 6.07 Å². The molecular formula is C26H34ClN3O2. The number of hydrogen-bond donors (Lipinski definition) is 1. The van der Waals surface area contributed by atoms with Crippen LogP contribution in [0.1, 0.15) is 24.0 Å². The zero-order chi connectivity index (χ0) is 21.5. The monoisotopic (exact) mass is 455 g/mol. The van der Waals surface area contributed by atoms with Crippen molar-refractivity contribution in [2.24, 2.45) is 5.92 Å². The molecule has 1 amide bonds. The number of amides is 1. The van der Waals surface area contributed by atoms with Crippen LogP contribution in [0.4, 0.5) is 0 Å². The van der Waals surface area contributed by atoms with Gasteiger partial charge in [-0.2, -0.15) is 0 Å². The number of para-hydroxylation sites is 1. The summed E-state index contributed by atoms with van der Waals surface area (Å²) in [7, 11) is 0. The Kier molecular flexibility index (Phi) is 9.15. The highest BCUT2D eigenvalue weighted by Gasteiger charge is 2.30. The first kappa shape index (κ1) is 24.3. The van der Waals surface area contributed by atoms with E-state index in [1.165, 1.54) is 5.56 Å². The Morgan fingerprint density at radius 2 is 1.53 bits per heavy atom. The molecule has 5 nitrogen and oxygen atoms in total. The first-order chi connectivity index (χ1) is 15.2. The van der Waals surface area contributed by atoms with E-state index >= 15 is 0 Å². The van der Waals surface area contributed by atoms with Crippen LogP contribution in [0.5, 0.6) is 5.75 Å². The minimum absolute atomic E-state index is 0. The van der Waals surface area contributed by atoms with Crippen LogP contribution in [0.15, 0.2) is 60.7 Å². The molecule has 0 unspecified atom stereocenters. The zero-order valence-electron chi connectivity index (χ0n) is 18.6. The van der Waals surface area contributed by atoms with Gasteiger partial charge in [0.05, 0.1) is 0 Å². The zero-order valence-corrected chi connectivity index (χ0v) is 19.4. The second-order valence-corrected chi connectivity index (χ2v) is 8.62. The Morgan fingerprint density at radius 3 is 2.22 bits per heavy atom. The number of rotatable bonds is 6. The van der Waals surface area contributed by atoms with Gasteiger partial charge in [-0.15, -0.1) is 12.4 Å². The predicted octanol–water partition coefficient (Wildman–Crippen LogP) is 3.88. The Labute approximate surface area is 197 Å². The summed E-state index contributed by atoms with van der Waals surface area (Å²) in [5, 5.41) is 9.99. The summed E-state index contributed by atoms with van der Waals surface area (Å²) in [4.78, 5) is 19.8. The highest BCUT2D eigenvalue weighted by atomic mass is 35.5. The van der Waals surface area contributed by atoms with Crippen molar-refractivity contribution in [2.45, 2.75) is 19.4 Å². The molecule has 2 saturated heterocycles. The normalized spacial score (nSPS) is 18.6.